The number of hydrogen-bond acceptors (Lipinski definition) is 29. The molecule has 0 bridgehead atoms. The predicted molar refractivity (Wildman–Crippen MR) is 261 cm³/mol. The van der Waals surface area contributed by atoms with Gasteiger partial charge in [-0.25, -0.2) is 0 Å². The van der Waals surface area contributed by atoms with E-state index in [9.17, 15) is 62.6 Å². The molecule has 33 heteroatoms. The number of esters is 8. The highest BCUT2D eigenvalue weighted by molar-refractivity contribution is 5.75. The summed E-state index contributed by atoms with van der Waals surface area (Å²) in [6, 6.07) is -6.53. The minimum atomic E-state index is -2.01. The number of aliphatic hydroxyl groups excluding tert-OH is 1. The zero-order valence-electron chi connectivity index (χ0n) is 47.3. The number of hydrogen-bond donors (Lipinski definition) is 5. The molecule has 20 atom stereocenters. The second-order valence-corrected chi connectivity index (χ2v) is 19.1. The molecular weight excluding hydrogens is 1110 g/mol. The summed E-state index contributed by atoms with van der Waals surface area (Å²) in [6.45, 7) is 9.50. The minimum Gasteiger partial charge on any atom is -0.463 e. The highest BCUT2D eigenvalue weighted by Crippen LogP contribution is 2.38. The third-order valence-electron chi connectivity index (χ3n) is 12.2. The van der Waals surface area contributed by atoms with Gasteiger partial charge in [0.15, 0.2) is 49.6 Å². The number of carbonyl (C=O) groups is 12. The Kier molecular flexibility index (Phi) is 25.7. The smallest absolute Gasteiger partial charge is 0.303 e. The zero-order chi connectivity index (χ0) is 61.4. The van der Waals surface area contributed by atoms with E-state index < -0.39 is 220 Å². The van der Waals surface area contributed by atoms with E-state index in [2.05, 4.69) is 21.3 Å². The Labute approximate surface area is 469 Å². The van der Waals surface area contributed by atoms with Crippen LogP contribution in [0.5, 0.6) is 0 Å². The van der Waals surface area contributed by atoms with E-state index in [0.717, 1.165) is 83.1 Å². The number of methoxy groups -OCH3 is 1. The Balaban J connectivity index is 1.96. The van der Waals surface area contributed by atoms with Crippen molar-refractivity contribution in [1.29, 1.82) is 0 Å². The normalized spacial score (nSPS) is 33.3. The van der Waals surface area contributed by atoms with E-state index in [4.69, 9.17) is 75.8 Å². The van der Waals surface area contributed by atoms with Crippen LogP contribution in [0.1, 0.15) is 83.1 Å². The molecule has 4 fully saturated rings. The van der Waals surface area contributed by atoms with Crippen molar-refractivity contribution >= 4 is 71.4 Å². The van der Waals surface area contributed by atoms with Gasteiger partial charge in [-0.15, -0.1) is 0 Å². The molecule has 4 heterocycles. The average molecular weight is 1180 g/mol. The Hall–Kier alpha value is -6.72. The van der Waals surface area contributed by atoms with Gasteiger partial charge in [-0.3, -0.25) is 57.5 Å². The summed E-state index contributed by atoms with van der Waals surface area (Å²) in [5, 5.41) is 21.6. The van der Waals surface area contributed by atoms with Crippen molar-refractivity contribution in [2.75, 3.05) is 33.5 Å². The second-order valence-electron chi connectivity index (χ2n) is 19.1. The van der Waals surface area contributed by atoms with Gasteiger partial charge in [0.1, 0.15) is 99.4 Å². The van der Waals surface area contributed by atoms with Crippen molar-refractivity contribution in [1.82, 2.24) is 21.3 Å². The molecule has 0 saturated carbocycles. The van der Waals surface area contributed by atoms with Crippen molar-refractivity contribution in [2.45, 2.75) is 206 Å². The maximum absolute atomic E-state index is 13.3. The molecule has 10 unspecified atom stereocenters. The van der Waals surface area contributed by atoms with E-state index in [-0.39, 0.29) is 0 Å². The first-order valence-electron chi connectivity index (χ1n) is 25.5. The number of ether oxygens (including phenoxy) is 16. The fourth-order valence-electron chi connectivity index (χ4n) is 9.35. The molecule has 462 valence electrons. The summed E-state index contributed by atoms with van der Waals surface area (Å²) >= 11 is 0. The third-order valence-corrected chi connectivity index (χ3v) is 12.2. The Morgan fingerprint density at radius 3 is 0.817 bits per heavy atom. The lowest BCUT2D eigenvalue weighted by Gasteiger charge is -2.52. The van der Waals surface area contributed by atoms with Crippen LogP contribution in [0.3, 0.4) is 0 Å². The maximum atomic E-state index is 13.3. The van der Waals surface area contributed by atoms with Crippen LogP contribution in [0.4, 0.5) is 0 Å². The summed E-state index contributed by atoms with van der Waals surface area (Å²) in [6.07, 6.45) is -27.9. The summed E-state index contributed by atoms with van der Waals surface area (Å²) in [5.74, 6) is -10.5. The van der Waals surface area contributed by atoms with Crippen molar-refractivity contribution in [3.63, 3.8) is 0 Å². The van der Waals surface area contributed by atoms with Crippen LogP contribution < -0.4 is 21.3 Å². The maximum Gasteiger partial charge on any atom is 0.303 e. The number of rotatable bonds is 23. The lowest BCUT2D eigenvalue weighted by molar-refractivity contribution is -0.363. The Morgan fingerprint density at radius 2 is 0.561 bits per heavy atom. The first-order valence-corrected chi connectivity index (χ1v) is 25.5. The molecule has 33 nitrogen and oxygen atoms in total. The summed E-state index contributed by atoms with van der Waals surface area (Å²) in [5.41, 5.74) is 0. The molecule has 0 radical (unpaired) electrons. The van der Waals surface area contributed by atoms with E-state index in [1.54, 1.807) is 0 Å². The van der Waals surface area contributed by atoms with E-state index >= 15 is 0 Å². The standard InChI is InChI=1S/C49H72N4O29/c1-18(54)50-34-42(72-26(9)62)38(66)30(14-68-22(5)58)76-47(34)80-40-32(16-70-24(7)60)78-49(36(52-20(3)56)44(40)74-28(11)64)82-41-33(17-71-25(8)61)79-48(37(53-21(4)57)45(41)75-29(12)65)81-39-31(15-69-23(6)59)77-46(67-13)35(51-19(2)55)43(39)73-27(10)63/h30-49,66H,14-17H2,1-13H3,(H,50,54)(H,51,55)(H,52,56)(H,53,57)/t30?,31?,32?,33?,34?,35-,36-,37?,38?,39+,40+,41?,42-,43?,44?,45-,46+,47+,48+,49-/m1/s1. The molecular formula is C49H72N4O29. The van der Waals surface area contributed by atoms with Gasteiger partial charge in [-0.2, -0.15) is 0 Å². The van der Waals surface area contributed by atoms with Crippen LogP contribution in [0.15, 0.2) is 0 Å². The topological polar surface area (TPSA) is 421 Å². The summed E-state index contributed by atoms with van der Waals surface area (Å²) in [7, 11) is 1.20. The van der Waals surface area contributed by atoms with E-state index in [1.165, 1.54) is 7.11 Å². The Morgan fingerprint density at radius 1 is 0.329 bits per heavy atom. The molecule has 0 aromatic carbocycles. The Bertz CT molecular complexity index is 2320. The van der Waals surface area contributed by atoms with Gasteiger partial charge < -0.3 is 102 Å². The van der Waals surface area contributed by atoms with Crippen molar-refractivity contribution in [3.05, 3.63) is 0 Å². The molecule has 0 spiro atoms. The fraction of sp³-hybridized carbons (Fsp3) is 0.755. The lowest BCUT2D eigenvalue weighted by Crippen LogP contribution is -2.72. The molecule has 5 N–H and O–H groups in total. The van der Waals surface area contributed by atoms with Crippen LogP contribution in [0.2, 0.25) is 0 Å². The van der Waals surface area contributed by atoms with E-state index in [1.807, 2.05) is 0 Å². The summed E-state index contributed by atoms with van der Waals surface area (Å²) in [4.78, 5) is 153. The van der Waals surface area contributed by atoms with Gasteiger partial charge in [0.25, 0.3) is 0 Å². The molecule has 0 aromatic rings. The van der Waals surface area contributed by atoms with Crippen molar-refractivity contribution < 1.29 is 138 Å². The van der Waals surface area contributed by atoms with Gasteiger partial charge in [0, 0.05) is 90.2 Å². The summed E-state index contributed by atoms with van der Waals surface area (Å²) < 4.78 is 94.3. The SMILES string of the molecule is CO[C@H]1OC(COC(C)=O)[C@H](O[C@@H]2OC(COC(C)=O)C(O[C@H]3OC(COC(C)=O)[C@H](O[C@@H]4OC(COC(C)=O)C(O)[C@H](OC(C)=O)C4NC(C)=O)C(OC(C)=O)[C@H]3NC(C)=O)[C@H](OC(C)=O)C2NC(C)=O)C(OC(C)=O)[C@H]1NC(C)=O. The van der Waals surface area contributed by atoms with Gasteiger partial charge >= 0.3 is 47.8 Å². The van der Waals surface area contributed by atoms with Crippen LogP contribution in [-0.4, -0.2) is 233 Å². The van der Waals surface area contributed by atoms with Crippen molar-refractivity contribution in [3.8, 4) is 0 Å². The first kappa shape index (κ1) is 67.8. The highest BCUT2D eigenvalue weighted by atomic mass is 16.8. The molecule has 4 saturated heterocycles. The molecule has 4 amide bonds. The first-order chi connectivity index (χ1) is 38.4. The quantitative estimate of drug-likeness (QED) is 0.0481. The van der Waals surface area contributed by atoms with Crippen LogP contribution in [0, 0.1) is 0 Å². The average Bonchev–Trinajstić information content (AvgIpc) is 3.57. The number of amides is 4. The third kappa shape index (κ3) is 19.7. The van der Waals surface area contributed by atoms with Crippen LogP contribution in [0.25, 0.3) is 0 Å². The lowest BCUT2D eigenvalue weighted by atomic mass is 9.92. The molecule has 4 rings (SSSR count). The highest BCUT2D eigenvalue weighted by Gasteiger charge is 2.60. The molecule has 0 aliphatic carbocycles. The minimum absolute atomic E-state index is 0.617. The molecule has 4 aliphatic heterocycles. The van der Waals surface area contributed by atoms with Crippen LogP contribution in [-0.2, 0) is 133 Å². The number of aliphatic hydroxyl groups is 1. The predicted octanol–water partition coefficient (Wildman–Crippen LogP) is -3.95. The zero-order valence-corrected chi connectivity index (χ0v) is 47.3. The van der Waals surface area contributed by atoms with Gasteiger partial charge in [-0.05, 0) is 0 Å². The van der Waals surface area contributed by atoms with E-state index in [0.29, 0.717) is 0 Å². The van der Waals surface area contributed by atoms with Crippen LogP contribution >= 0.6 is 0 Å². The van der Waals surface area contributed by atoms with Gasteiger partial charge in [0.05, 0.1) is 0 Å². The fourth-order valence-corrected chi connectivity index (χ4v) is 9.35. The van der Waals surface area contributed by atoms with Crippen molar-refractivity contribution in [2.24, 2.45) is 0 Å². The van der Waals surface area contributed by atoms with Gasteiger partial charge in [0.2, 0.25) is 23.6 Å². The molecule has 4 aliphatic rings. The molecule has 82 heavy (non-hydrogen) atoms. The van der Waals surface area contributed by atoms with Gasteiger partial charge in [-0.1, -0.05) is 0 Å². The second kappa shape index (κ2) is 31.1. The monoisotopic (exact) mass is 1180 g/mol. The number of nitrogens with one attached hydrogen (secondary N) is 4. The largest absolute Gasteiger partial charge is 0.463 e. The molecule has 0 aromatic heterocycles. The number of carbonyl (C=O) groups excluding carboxylic acids is 12.